The number of Topliss-reactive ketones (excluding diaryl/α,β-unsaturated/α-hetero) is 1. The summed E-state index contributed by atoms with van der Waals surface area (Å²) in [5.41, 5.74) is 1.03. The van der Waals surface area contributed by atoms with Crippen molar-refractivity contribution in [3.63, 3.8) is 0 Å². The first-order valence-corrected chi connectivity index (χ1v) is 5.62. The summed E-state index contributed by atoms with van der Waals surface area (Å²) in [6.07, 6.45) is 4.97. The van der Waals surface area contributed by atoms with Gasteiger partial charge < -0.3 is 0 Å². The normalized spacial score (nSPS) is 10.9. The Bertz CT molecular complexity index is 312. The van der Waals surface area contributed by atoms with Gasteiger partial charge in [-0.2, -0.15) is 12.6 Å². The molecule has 3 heteroatoms. The zero-order valence-electron chi connectivity index (χ0n) is 7.49. The second-order valence-electron chi connectivity index (χ2n) is 2.68. The molecule has 0 aliphatic heterocycles. The van der Waals surface area contributed by atoms with Crippen molar-refractivity contribution in [2.24, 2.45) is 0 Å². The van der Waals surface area contributed by atoms with Gasteiger partial charge in [-0.15, -0.1) is 11.3 Å². The topological polar surface area (TPSA) is 17.1 Å². The highest BCUT2D eigenvalue weighted by Gasteiger charge is 2.04. The maximum Gasteiger partial charge on any atom is 0.170 e. The van der Waals surface area contributed by atoms with E-state index in [0.29, 0.717) is 0 Å². The fourth-order valence-electron chi connectivity index (χ4n) is 1.02. The molecule has 0 saturated heterocycles. The summed E-state index contributed by atoms with van der Waals surface area (Å²) in [6, 6.07) is 1.97. The number of hydrogen-bond donors (Lipinski definition) is 1. The summed E-state index contributed by atoms with van der Waals surface area (Å²) >= 11 is 5.60. The first-order chi connectivity index (χ1) is 6.25. The first-order valence-electron chi connectivity index (χ1n) is 4.11. The predicted molar refractivity (Wildman–Crippen MR) is 61.8 cm³/mol. The zero-order valence-corrected chi connectivity index (χ0v) is 9.20. The van der Waals surface area contributed by atoms with Crippen LogP contribution >= 0.6 is 24.0 Å². The highest BCUT2D eigenvalue weighted by atomic mass is 32.1. The summed E-state index contributed by atoms with van der Waals surface area (Å²) < 4.78 is 0. The Hall–Kier alpha value is -0.540. The number of thiol groups is 1. The van der Waals surface area contributed by atoms with Gasteiger partial charge in [0.05, 0.1) is 4.88 Å². The van der Waals surface area contributed by atoms with E-state index < -0.39 is 0 Å². The Kier molecular flexibility index (Phi) is 4.25. The molecule has 0 fully saturated rings. The zero-order chi connectivity index (χ0) is 9.68. The van der Waals surface area contributed by atoms with Crippen molar-refractivity contribution in [1.29, 1.82) is 0 Å². The lowest BCUT2D eigenvalue weighted by molar-refractivity contribution is 0.102. The standard InChI is InChI=1S/C10H12OS2/c1-8(11)10-9(5-7-13-10)4-2-3-6-12/h2,4-5,7,12H,3,6H2,1H3. The largest absolute Gasteiger partial charge is 0.294 e. The minimum Gasteiger partial charge on any atom is -0.294 e. The SMILES string of the molecule is CC(=O)c1sccc1C=CCCS. The number of carbonyl (C=O) groups is 1. The summed E-state index contributed by atoms with van der Waals surface area (Å²) in [5.74, 6) is 0.983. The van der Waals surface area contributed by atoms with E-state index in [0.717, 1.165) is 22.6 Å². The number of ketones is 1. The maximum absolute atomic E-state index is 11.1. The first kappa shape index (κ1) is 10.5. The van der Waals surface area contributed by atoms with E-state index in [2.05, 4.69) is 12.6 Å². The van der Waals surface area contributed by atoms with Gasteiger partial charge in [0.15, 0.2) is 5.78 Å². The van der Waals surface area contributed by atoms with Crippen LogP contribution in [0.1, 0.15) is 28.6 Å². The molecule has 0 unspecified atom stereocenters. The molecule has 1 nitrogen and oxygen atoms in total. The highest BCUT2D eigenvalue weighted by Crippen LogP contribution is 2.18. The van der Waals surface area contributed by atoms with Crippen LogP contribution < -0.4 is 0 Å². The quantitative estimate of drug-likeness (QED) is 0.598. The summed E-state index contributed by atoms with van der Waals surface area (Å²) in [6.45, 7) is 1.60. The average Bonchev–Trinajstić information content (AvgIpc) is 2.53. The molecule has 1 rings (SSSR count). The molecule has 1 heterocycles. The van der Waals surface area contributed by atoms with Gasteiger partial charge in [-0.3, -0.25) is 4.79 Å². The van der Waals surface area contributed by atoms with Crippen LogP contribution in [0.4, 0.5) is 0 Å². The average molecular weight is 212 g/mol. The minimum absolute atomic E-state index is 0.139. The highest BCUT2D eigenvalue weighted by molar-refractivity contribution is 7.80. The maximum atomic E-state index is 11.1. The molecule has 1 aromatic rings. The predicted octanol–water partition coefficient (Wildman–Crippen LogP) is 3.28. The fourth-order valence-corrected chi connectivity index (χ4v) is 1.96. The van der Waals surface area contributed by atoms with Crippen molar-refractivity contribution in [3.05, 3.63) is 28.0 Å². The monoisotopic (exact) mass is 212 g/mol. The Morgan fingerprint density at radius 3 is 3.08 bits per heavy atom. The van der Waals surface area contributed by atoms with Crippen molar-refractivity contribution in [3.8, 4) is 0 Å². The lowest BCUT2D eigenvalue weighted by Gasteiger charge is -1.92. The number of thiophene rings is 1. The molecule has 0 aliphatic carbocycles. The summed E-state index contributed by atoms with van der Waals surface area (Å²) in [4.78, 5) is 12.0. The second kappa shape index (κ2) is 5.25. The van der Waals surface area contributed by atoms with Gasteiger partial charge >= 0.3 is 0 Å². The lowest BCUT2D eigenvalue weighted by atomic mass is 10.2. The van der Waals surface area contributed by atoms with E-state index in [1.165, 1.54) is 11.3 Å². The van der Waals surface area contributed by atoms with Gasteiger partial charge in [0.1, 0.15) is 0 Å². The molecule has 0 bridgehead atoms. The third kappa shape index (κ3) is 3.01. The van der Waals surface area contributed by atoms with Crippen LogP contribution in [0.2, 0.25) is 0 Å². The Labute approximate surface area is 87.9 Å². The van der Waals surface area contributed by atoms with Crippen molar-refractivity contribution in [2.45, 2.75) is 13.3 Å². The molecular formula is C10H12OS2. The molecule has 0 saturated carbocycles. The van der Waals surface area contributed by atoms with E-state index in [4.69, 9.17) is 0 Å². The molecule has 0 aliphatic rings. The molecule has 0 spiro atoms. The van der Waals surface area contributed by atoms with E-state index in [1.54, 1.807) is 6.92 Å². The number of hydrogen-bond acceptors (Lipinski definition) is 3. The van der Waals surface area contributed by atoms with Crippen LogP contribution in [0, 0.1) is 0 Å². The van der Waals surface area contributed by atoms with Crippen molar-refractivity contribution < 1.29 is 4.79 Å². The fraction of sp³-hybridized carbons (Fsp3) is 0.300. The molecule has 0 aromatic carbocycles. The third-order valence-corrected chi connectivity index (χ3v) is 2.90. The smallest absolute Gasteiger partial charge is 0.170 e. The summed E-state index contributed by atoms with van der Waals surface area (Å²) in [5, 5.41) is 1.94. The Balaban J connectivity index is 2.76. The minimum atomic E-state index is 0.139. The van der Waals surface area contributed by atoms with Gasteiger partial charge in [0.25, 0.3) is 0 Å². The number of carbonyl (C=O) groups excluding carboxylic acids is 1. The summed E-state index contributed by atoms with van der Waals surface area (Å²) in [7, 11) is 0. The van der Waals surface area contributed by atoms with Crippen molar-refractivity contribution >= 4 is 35.8 Å². The molecule has 0 radical (unpaired) electrons. The van der Waals surface area contributed by atoms with Crippen LogP contribution in [-0.2, 0) is 0 Å². The Morgan fingerprint density at radius 2 is 2.46 bits per heavy atom. The lowest BCUT2D eigenvalue weighted by Crippen LogP contribution is -1.88. The van der Waals surface area contributed by atoms with Gasteiger partial charge in [-0.25, -0.2) is 0 Å². The molecular weight excluding hydrogens is 200 g/mol. The third-order valence-electron chi connectivity index (χ3n) is 1.61. The molecule has 70 valence electrons. The van der Waals surface area contributed by atoms with Crippen LogP contribution in [0.15, 0.2) is 17.5 Å². The van der Waals surface area contributed by atoms with Gasteiger partial charge in [0, 0.05) is 0 Å². The van der Waals surface area contributed by atoms with E-state index in [-0.39, 0.29) is 5.78 Å². The van der Waals surface area contributed by atoms with Crippen LogP contribution in [0.5, 0.6) is 0 Å². The van der Waals surface area contributed by atoms with Crippen LogP contribution in [0.25, 0.3) is 6.08 Å². The van der Waals surface area contributed by atoms with E-state index in [9.17, 15) is 4.79 Å². The van der Waals surface area contributed by atoms with Gasteiger partial charge in [-0.05, 0) is 36.1 Å². The molecule has 0 N–H and O–H groups in total. The number of allylic oxidation sites excluding steroid dienone is 1. The van der Waals surface area contributed by atoms with Gasteiger partial charge in [-0.1, -0.05) is 12.2 Å². The molecule has 1 aromatic heterocycles. The van der Waals surface area contributed by atoms with Crippen LogP contribution in [0.3, 0.4) is 0 Å². The Morgan fingerprint density at radius 1 is 1.69 bits per heavy atom. The van der Waals surface area contributed by atoms with Crippen molar-refractivity contribution in [1.82, 2.24) is 0 Å². The molecule has 13 heavy (non-hydrogen) atoms. The molecule has 0 amide bonds. The van der Waals surface area contributed by atoms with Gasteiger partial charge in [0.2, 0.25) is 0 Å². The van der Waals surface area contributed by atoms with Crippen LogP contribution in [-0.4, -0.2) is 11.5 Å². The molecule has 0 atom stereocenters. The number of rotatable bonds is 4. The second-order valence-corrected chi connectivity index (χ2v) is 4.04. The van der Waals surface area contributed by atoms with E-state index in [1.807, 2.05) is 23.6 Å². The van der Waals surface area contributed by atoms with Crippen molar-refractivity contribution in [2.75, 3.05) is 5.75 Å². The van der Waals surface area contributed by atoms with E-state index >= 15 is 0 Å².